The van der Waals surface area contributed by atoms with E-state index in [0.29, 0.717) is 19.1 Å². The molecule has 3 nitrogen and oxygen atoms in total. The van der Waals surface area contributed by atoms with Crippen LogP contribution in [0.4, 0.5) is 0 Å². The third-order valence-corrected chi connectivity index (χ3v) is 5.40. The Morgan fingerprint density at radius 3 is 2.64 bits per heavy atom. The highest BCUT2D eigenvalue weighted by Crippen LogP contribution is 2.43. The largest absolute Gasteiger partial charge is 0.493 e. The number of rotatable bonds is 1. The van der Waals surface area contributed by atoms with Crippen LogP contribution in [0, 0.1) is 5.92 Å². The third kappa shape index (κ3) is 2.60. The molecule has 0 unspecified atom stereocenters. The van der Waals surface area contributed by atoms with Crippen molar-refractivity contribution in [3.05, 3.63) is 76.8 Å². The average Bonchev–Trinajstić information content (AvgIpc) is 2.67. The molecule has 0 spiro atoms. The number of nitrogens with one attached hydrogen (secondary N) is 1. The molecule has 0 radical (unpaired) electrons. The lowest BCUT2D eigenvalue weighted by molar-refractivity contribution is -0.0708. The van der Waals surface area contributed by atoms with Gasteiger partial charge in [-0.15, -0.1) is 0 Å². The first-order valence-electron chi connectivity index (χ1n) is 8.57. The molecule has 3 atom stereocenters. The Balaban J connectivity index is 1.56. The van der Waals surface area contributed by atoms with Gasteiger partial charge in [0.2, 0.25) is 0 Å². The Hall–Kier alpha value is -2.07. The highest BCUT2D eigenvalue weighted by Gasteiger charge is 2.38. The number of benzene rings is 3. The summed E-state index contributed by atoms with van der Waals surface area (Å²) in [6.45, 7) is 1.35. The summed E-state index contributed by atoms with van der Waals surface area (Å²) in [5, 5.41) is 6.92. The van der Waals surface area contributed by atoms with Crippen molar-refractivity contribution in [2.24, 2.45) is 5.92 Å². The molecular formula is C21H18ClNO2. The molecule has 1 fully saturated rings. The van der Waals surface area contributed by atoms with Gasteiger partial charge in [-0.05, 0) is 34.5 Å². The maximum Gasteiger partial charge on any atom is 0.134 e. The van der Waals surface area contributed by atoms with E-state index in [4.69, 9.17) is 21.1 Å². The number of hydrogen-bond donors (Lipinski definition) is 1. The summed E-state index contributed by atoms with van der Waals surface area (Å²) in [7, 11) is 0. The Morgan fingerprint density at radius 2 is 1.76 bits per heavy atom. The molecular weight excluding hydrogens is 334 g/mol. The molecule has 126 valence electrons. The lowest BCUT2D eigenvalue weighted by Gasteiger charge is -2.41. The predicted molar refractivity (Wildman–Crippen MR) is 99.0 cm³/mol. The Kier molecular flexibility index (Phi) is 3.66. The summed E-state index contributed by atoms with van der Waals surface area (Å²) < 4.78 is 12.1. The molecule has 1 saturated heterocycles. The van der Waals surface area contributed by atoms with Crippen molar-refractivity contribution in [2.45, 2.75) is 12.3 Å². The van der Waals surface area contributed by atoms with Crippen LogP contribution in [0.15, 0.2) is 60.7 Å². The van der Waals surface area contributed by atoms with E-state index in [9.17, 15) is 0 Å². The molecule has 0 aliphatic carbocycles. The monoisotopic (exact) mass is 351 g/mol. The van der Waals surface area contributed by atoms with E-state index >= 15 is 0 Å². The van der Waals surface area contributed by atoms with Gasteiger partial charge in [0.15, 0.2) is 0 Å². The van der Waals surface area contributed by atoms with Gasteiger partial charge >= 0.3 is 0 Å². The highest BCUT2D eigenvalue weighted by atomic mass is 35.5. The predicted octanol–water partition coefficient (Wildman–Crippen LogP) is 4.86. The van der Waals surface area contributed by atoms with Crippen LogP contribution in [0.5, 0.6) is 5.75 Å². The van der Waals surface area contributed by atoms with E-state index in [1.165, 1.54) is 16.3 Å². The molecule has 0 saturated carbocycles. The zero-order chi connectivity index (χ0) is 16.8. The van der Waals surface area contributed by atoms with E-state index in [1.807, 2.05) is 24.3 Å². The van der Waals surface area contributed by atoms with E-state index < -0.39 is 0 Å². The van der Waals surface area contributed by atoms with Crippen LogP contribution in [0.3, 0.4) is 0 Å². The molecule has 3 aromatic rings. The van der Waals surface area contributed by atoms with Crippen LogP contribution in [0.1, 0.15) is 23.4 Å². The second-order valence-corrected chi connectivity index (χ2v) is 7.12. The minimum atomic E-state index is -0.136. The fraction of sp³-hybridized carbons (Fsp3) is 0.238. The molecule has 5 rings (SSSR count). The van der Waals surface area contributed by atoms with Crippen LogP contribution < -0.4 is 10.1 Å². The van der Waals surface area contributed by atoms with Crippen molar-refractivity contribution in [2.75, 3.05) is 13.2 Å². The maximum atomic E-state index is 6.07. The molecule has 2 aliphatic rings. The van der Waals surface area contributed by atoms with E-state index in [-0.39, 0.29) is 12.3 Å². The van der Waals surface area contributed by atoms with Gasteiger partial charge in [0.25, 0.3) is 0 Å². The van der Waals surface area contributed by atoms with Crippen molar-refractivity contribution in [1.82, 2.24) is 5.32 Å². The summed E-state index contributed by atoms with van der Waals surface area (Å²) in [6, 6.07) is 20.8. The number of halogens is 1. The van der Waals surface area contributed by atoms with Crippen molar-refractivity contribution in [3.8, 4) is 5.75 Å². The van der Waals surface area contributed by atoms with Gasteiger partial charge in [-0.2, -0.15) is 0 Å². The Labute approximate surface area is 151 Å². The standard InChI is InChI=1S/C21H18ClNO2/c22-16-8-5-14(6-9-16)21-23-20-15(12-25-21)11-24-18-10-7-13-3-1-2-4-17(13)19(18)20/h1-10,15,20-21,23H,11-12H2/t15-,20+,21-/m1/s1. The third-order valence-electron chi connectivity index (χ3n) is 5.15. The lowest BCUT2D eigenvalue weighted by atomic mass is 9.86. The van der Waals surface area contributed by atoms with Crippen molar-refractivity contribution < 1.29 is 9.47 Å². The molecule has 3 aromatic carbocycles. The van der Waals surface area contributed by atoms with Crippen LogP contribution in [0.2, 0.25) is 5.02 Å². The first kappa shape index (κ1) is 15.2. The zero-order valence-electron chi connectivity index (χ0n) is 13.6. The summed E-state index contributed by atoms with van der Waals surface area (Å²) in [4.78, 5) is 0. The van der Waals surface area contributed by atoms with E-state index in [1.54, 1.807) is 0 Å². The average molecular weight is 352 g/mol. The normalized spacial score (nSPS) is 25.1. The first-order chi connectivity index (χ1) is 12.3. The fourth-order valence-electron chi connectivity index (χ4n) is 3.88. The molecule has 2 heterocycles. The minimum absolute atomic E-state index is 0.136. The highest BCUT2D eigenvalue weighted by molar-refractivity contribution is 6.30. The van der Waals surface area contributed by atoms with Crippen molar-refractivity contribution in [1.29, 1.82) is 0 Å². The smallest absolute Gasteiger partial charge is 0.134 e. The topological polar surface area (TPSA) is 30.5 Å². The number of hydrogen-bond acceptors (Lipinski definition) is 3. The van der Waals surface area contributed by atoms with Gasteiger partial charge in [0, 0.05) is 22.5 Å². The van der Waals surface area contributed by atoms with Crippen LogP contribution in [-0.2, 0) is 4.74 Å². The van der Waals surface area contributed by atoms with Gasteiger partial charge in [0.05, 0.1) is 13.2 Å². The van der Waals surface area contributed by atoms with Crippen LogP contribution in [0.25, 0.3) is 10.8 Å². The molecule has 1 N–H and O–H groups in total. The quantitative estimate of drug-likeness (QED) is 0.679. The summed E-state index contributed by atoms with van der Waals surface area (Å²) in [6.07, 6.45) is -0.136. The molecule has 0 aromatic heterocycles. The van der Waals surface area contributed by atoms with Gasteiger partial charge in [0.1, 0.15) is 12.0 Å². The van der Waals surface area contributed by atoms with Gasteiger partial charge in [-0.3, -0.25) is 5.32 Å². The fourth-order valence-corrected chi connectivity index (χ4v) is 4.00. The summed E-state index contributed by atoms with van der Waals surface area (Å²) >= 11 is 6.02. The molecule has 2 aliphatic heterocycles. The van der Waals surface area contributed by atoms with Crippen LogP contribution in [-0.4, -0.2) is 13.2 Å². The lowest BCUT2D eigenvalue weighted by Crippen LogP contribution is -2.45. The van der Waals surface area contributed by atoms with Crippen molar-refractivity contribution >= 4 is 22.4 Å². The molecule has 0 bridgehead atoms. The number of fused-ring (bicyclic) bond motifs is 5. The van der Waals surface area contributed by atoms with Gasteiger partial charge in [-0.1, -0.05) is 54.1 Å². The summed E-state index contributed by atoms with van der Waals surface area (Å²) in [5.74, 6) is 1.28. The summed E-state index contributed by atoms with van der Waals surface area (Å²) in [5.41, 5.74) is 2.34. The minimum Gasteiger partial charge on any atom is -0.493 e. The van der Waals surface area contributed by atoms with E-state index in [2.05, 4.69) is 41.7 Å². The Morgan fingerprint density at radius 1 is 0.920 bits per heavy atom. The molecule has 25 heavy (non-hydrogen) atoms. The van der Waals surface area contributed by atoms with E-state index in [0.717, 1.165) is 16.3 Å². The second kappa shape index (κ2) is 6.03. The van der Waals surface area contributed by atoms with Crippen molar-refractivity contribution in [3.63, 3.8) is 0 Å². The first-order valence-corrected chi connectivity index (χ1v) is 8.95. The van der Waals surface area contributed by atoms with Gasteiger partial charge < -0.3 is 9.47 Å². The Bertz CT molecular complexity index is 925. The molecule has 0 amide bonds. The zero-order valence-corrected chi connectivity index (χ0v) is 14.4. The maximum absolute atomic E-state index is 6.07. The van der Waals surface area contributed by atoms with Crippen LogP contribution >= 0.6 is 11.6 Å². The second-order valence-electron chi connectivity index (χ2n) is 6.68. The number of ether oxygens (including phenoxy) is 2. The van der Waals surface area contributed by atoms with Gasteiger partial charge in [-0.25, -0.2) is 0 Å². The molecule has 4 heteroatoms. The SMILES string of the molecule is Clc1ccc([C@@H]2N[C@@H]3c4c(ccc5ccccc45)OC[C@@H]3CO2)cc1.